The summed E-state index contributed by atoms with van der Waals surface area (Å²) in [5, 5.41) is 11.7. The summed E-state index contributed by atoms with van der Waals surface area (Å²) in [4.78, 5) is 45.6. The van der Waals surface area contributed by atoms with Gasteiger partial charge < -0.3 is 15.3 Å². The summed E-state index contributed by atoms with van der Waals surface area (Å²) in [5.41, 5.74) is 0.958. The highest BCUT2D eigenvalue weighted by Crippen LogP contribution is 2.42. The largest absolute Gasteiger partial charge is 0.481 e. The fourth-order valence-corrected chi connectivity index (χ4v) is 4.60. The number of aliphatic carboxylic acids is 1. The molecule has 3 N–H and O–H groups in total. The highest BCUT2D eigenvalue weighted by Gasteiger charge is 2.29. The minimum Gasteiger partial charge on any atom is -0.481 e. The molecule has 2 aromatic rings. The van der Waals surface area contributed by atoms with Crippen molar-refractivity contribution in [2.24, 2.45) is 5.92 Å². The van der Waals surface area contributed by atoms with Gasteiger partial charge in [-0.3, -0.25) is 18.9 Å². The molecule has 0 saturated carbocycles. The molecule has 29 heavy (non-hydrogen) atoms. The molecular formula is C20H21BrNO6P. The number of carboxylic acids is 1. The van der Waals surface area contributed by atoms with Crippen LogP contribution in [0.4, 0.5) is 0 Å². The summed E-state index contributed by atoms with van der Waals surface area (Å²) in [5.74, 6) is -3.81. The monoisotopic (exact) mass is 481 g/mol. The Morgan fingerprint density at radius 1 is 1.03 bits per heavy atom. The zero-order valence-corrected chi connectivity index (χ0v) is 17.9. The number of halogens is 1. The third-order valence-corrected chi connectivity index (χ3v) is 6.70. The minimum absolute atomic E-state index is 0.117. The van der Waals surface area contributed by atoms with Gasteiger partial charge in [0.2, 0.25) is 13.2 Å². The maximum atomic E-state index is 12.4. The number of Topliss-reactive ketones (excluding diaryl/α,β-unsaturated/α-hetero) is 1. The summed E-state index contributed by atoms with van der Waals surface area (Å²) in [6.45, 7) is -0.199. The molecule has 2 aromatic carbocycles. The van der Waals surface area contributed by atoms with E-state index >= 15 is 0 Å². The number of amides is 1. The topological polar surface area (TPSA) is 121 Å². The first-order chi connectivity index (χ1) is 13.7. The van der Waals surface area contributed by atoms with Crippen molar-refractivity contribution in [3.63, 3.8) is 0 Å². The summed E-state index contributed by atoms with van der Waals surface area (Å²) < 4.78 is 13.3. The van der Waals surface area contributed by atoms with E-state index in [9.17, 15) is 28.9 Å². The van der Waals surface area contributed by atoms with Gasteiger partial charge in [0.25, 0.3) is 5.91 Å². The van der Waals surface area contributed by atoms with Crippen molar-refractivity contribution in [3.8, 4) is 0 Å². The molecule has 0 aliphatic carbocycles. The second-order valence-corrected chi connectivity index (χ2v) is 9.99. The lowest BCUT2D eigenvalue weighted by Crippen LogP contribution is -2.33. The predicted octanol–water partition coefficient (Wildman–Crippen LogP) is 2.96. The summed E-state index contributed by atoms with van der Waals surface area (Å²) in [7, 11) is -3.82. The molecule has 1 amide bonds. The predicted molar refractivity (Wildman–Crippen MR) is 112 cm³/mol. The average molecular weight is 482 g/mol. The molecule has 7 nitrogen and oxygen atoms in total. The van der Waals surface area contributed by atoms with Crippen molar-refractivity contribution in [2.45, 2.75) is 6.42 Å². The van der Waals surface area contributed by atoms with E-state index in [-0.39, 0.29) is 24.7 Å². The summed E-state index contributed by atoms with van der Waals surface area (Å²) >= 11 is 3.30. The maximum Gasteiger partial charge on any atom is 0.307 e. The molecule has 0 aromatic heterocycles. The first-order valence-electron chi connectivity index (χ1n) is 8.83. The van der Waals surface area contributed by atoms with E-state index in [0.29, 0.717) is 0 Å². The SMILES string of the molecule is O=C(NCCP(=O)(O)CC(Cc1ccc(Br)cc1)C(=O)O)C(=O)c1ccccc1. The van der Waals surface area contributed by atoms with E-state index in [2.05, 4.69) is 21.2 Å². The molecule has 0 aliphatic heterocycles. The molecule has 0 saturated heterocycles. The third kappa shape index (κ3) is 7.57. The lowest BCUT2D eigenvalue weighted by Gasteiger charge is -2.17. The number of carboxylic acid groups (broad SMARTS) is 1. The van der Waals surface area contributed by atoms with Crippen LogP contribution in [0.5, 0.6) is 0 Å². The van der Waals surface area contributed by atoms with Gasteiger partial charge in [-0.1, -0.05) is 58.4 Å². The van der Waals surface area contributed by atoms with Crippen LogP contribution >= 0.6 is 23.3 Å². The molecule has 2 unspecified atom stereocenters. The summed E-state index contributed by atoms with van der Waals surface area (Å²) in [6.07, 6.45) is -0.613. The molecular weight excluding hydrogens is 461 g/mol. The van der Waals surface area contributed by atoms with Crippen molar-refractivity contribution in [1.82, 2.24) is 5.32 Å². The highest BCUT2D eigenvalue weighted by molar-refractivity contribution is 9.10. The lowest BCUT2D eigenvalue weighted by molar-refractivity contribution is -0.141. The third-order valence-electron chi connectivity index (χ3n) is 4.24. The Labute approximate surface area is 176 Å². The smallest absolute Gasteiger partial charge is 0.307 e. The average Bonchev–Trinajstić information content (AvgIpc) is 2.68. The van der Waals surface area contributed by atoms with Crippen LogP contribution in [-0.4, -0.2) is 46.5 Å². The van der Waals surface area contributed by atoms with Crippen molar-refractivity contribution < 1.29 is 28.9 Å². The van der Waals surface area contributed by atoms with Gasteiger partial charge in [-0.25, -0.2) is 0 Å². The molecule has 0 spiro atoms. The Bertz CT molecular complexity index is 916. The Morgan fingerprint density at radius 2 is 1.66 bits per heavy atom. The second-order valence-electron chi connectivity index (χ2n) is 6.57. The number of hydrogen-bond acceptors (Lipinski definition) is 4. The van der Waals surface area contributed by atoms with Crippen LogP contribution in [0.3, 0.4) is 0 Å². The van der Waals surface area contributed by atoms with Crippen LogP contribution in [0.2, 0.25) is 0 Å². The van der Waals surface area contributed by atoms with Gasteiger partial charge in [-0.2, -0.15) is 0 Å². The fourth-order valence-electron chi connectivity index (χ4n) is 2.72. The van der Waals surface area contributed by atoms with Crippen molar-refractivity contribution in [3.05, 3.63) is 70.2 Å². The van der Waals surface area contributed by atoms with Gasteiger partial charge in [0.05, 0.1) is 5.92 Å². The van der Waals surface area contributed by atoms with Crippen LogP contribution in [0.1, 0.15) is 15.9 Å². The van der Waals surface area contributed by atoms with Crippen LogP contribution in [0.15, 0.2) is 59.1 Å². The van der Waals surface area contributed by atoms with E-state index in [1.54, 1.807) is 42.5 Å². The van der Waals surface area contributed by atoms with Gasteiger partial charge in [0, 0.05) is 28.9 Å². The van der Waals surface area contributed by atoms with Gasteiger partial charge in [-0.15, -0.1) is 0 Å². The minimum atomic E-state index is -3.82. The number of benzene rings is 2. The Balaban J connectivity index is 1.89. The quantitative estimate of drug-likeness (QED) is 0.272. The van der Waals surface area contributed by atoms with Crippen LogP contribution < -0.4 is 5.32 Å². The molecule has 0 radical (unpaired) electrons. The molecule has 0 aliphatic rings. The van der Waals surface area contributed by atoms with E-state index in [1.807, 2.05) is 0 Å². The molecule has 154 valence electrons. The normalized spacial score (nSPS) is 13.9. The molecule has 0 heterocycles. The Hall–Kier alpha value is -2.28. The first kappa shape index (κ1) is 23.0. The van der Waals surface area contributed by atoms with Gasteiger partial charge >= 0.3 is 5.97 Å². The zero-order valence-electron chi connectivity index (χ0n) is 15.5. The molecule has 0 fully saturated rings. The molecule has 9 heteroatoms. The van der Waals surface area contributed by atoms with Crippen molar-refractivity contribution in [2.75, 3.05) is 18.9 Å². The lowest BCUT2D eigenvalue weighted by atomic mass is 10.0. The van der Waals surface area contributed by atoms with E-state index in [4.69, 9.17) is 0 Å². The Morgan fingerprint density at radius 3 is 2.24 bits per heavy atom. The van der Waals surface area contributed by atoms with Crippen LogP contribution in [-0.2, 0) is 20.6 Å². The van der Waals surface area contributed by atoms with Crippen LogP contribution in [0.25, 0.3) is 0 Å². The van der Waals surface area contributed by atoms with Crippen molar-refractivity contribution >= 4 is 41.0 Å². The fraction of sp³-hybridized carbons (Fsp3) is 0.250. The number of ketones is 1. The number of carbonyl (C=O) groups excluding carboxylic acids is 2. The number of rotatable bonds is 10. The highest BCUT2D eigenvalue weighted by atomic mass is 79.9. The van der Waals surface area contributed by atoms with Gasteiger partial charge in [0.1, 0.15) is 0 Å². The number of hydrogen-bond donors (Lipinski definition) is 3. The number of nitrogens with one attached hydrogen (secondary N) is 1. The second kappa shape index (κ2) is 10.5. The Kier molecular flexibility index (Phi) is 8.32. The van der Waals surface area contributed by atoms with Gasteiger partial charge in [-0.05, 0) is 24.1 Å². The molecule has 0 bridgehead atoms. The van der Waals surface area contributed by atoms with Crippen molar-refractivity contribution in [1.29, 1.82) is 0 Å². The standard InChI is InChI=1S/C20H21BrNO6P/c21-17-8-6-14(7-9-17)12-16(20(25)26)13-29(27,28)11-10-22-19(24)18(23)15-4-2-1-3-5-15/h1-9,16H,10-13H2,(H,22,24)(H,25,26)(H,27,28). The van der Waals surface area contributed by atoms with E-state index in [0.717, 1.165) is 10.0 Å². The van der Waals surface area contributed by atoms with Crippen LogP contribution in [0, 0.1) is 5.92 Å². The van der Waals surface area contributed by atoms with Gasteiger partial charge in [0.15, 0.2) is 0 Å². The zero-order chi connectivity index (χ0) is 21.4. The molecule has 2 atom stereocenters. The molecule has 2 rings (SSSR count). The first-order valence-corrected chi connectivity index (χ1v) is 11.7. The number of carbonyl (C=O) groups is 3. The van der Waals surface area contributed by atoms with E-state index < -0.39 is 37.1 Å². The van der Waals surface area contributed by atoms with E-state index in [1.165, 1.54) is 12.1 Å². The summed E-state index contributed by atoms with van der Waals surface area (Å²) in [6, 6.07) is 15.0. The maximum absolute atomic E-state index is 12.4.